The molecule has 6 nitrogen and oxygen atoms in total. The van der Waals surface area contributed by atoms with Crippen LogP contribution < -0.4 is 10.2 Å². The Morgan fingerprint density at radius 3 is 2.66 bits per heavy atom. The molecule has 1 N–H and O–H groups in total. The van der Waals surface area contributed by atoms with E-state index < -0.39 is 23.6 Å². The molecule has 0 aliphatic carbocycles. The molecule has 1 aliphatic rings. The van der Waals surface area contributed by atoms with Crippen LogP contribution in [0.4, 0.5) is 29.1 Å². The van der Waals surface area contributed by atoms with Crippen molar-refractivity contribution in [2.45, 2.75) is 38.6 Å². The zero-order chi connectivity index (χ0) is 23.0. The van der Waals surface area contributed by atoms with Crippen LogP contribution in [0.2, 0.25) is 0 Å². The van der Waals surface area contributed by atoms with Gasteiger partial charge in [0.15, 0.2) is 5.82 Å². The lowest BCUT2D eigenvalue weighted by Crippen LogP contribution is -2.22. The molecule has 32 heavy (non-hydrogen) atoms. The fourth-order valence-electron chi connectivity index (χ4n) is 3.90. The van der Waals surface area contributed by atoms with Gasteiger partial charge in [-0.2, -0.15) is 18.3 Å². The predicted octanol–water partition coefficient (Wildman–Crippen LogP) is 4.89. The van der Waals surface area contributed by atoms with Gasteiger partial charge in [0.1, 0.15) is 5.82 Å². The highest BCUT2D eigenvalue weighted by Crippen LogP contribution is 2.34. The number of hydrogen-bond acceptors (Lipinski definition) is 6. The molecule has 3 heterocycles. The van der Waals surface area contributed by atoms with E-state index >= 15 is 0 Å². The van der Waals surface area contributed by atoms with Gasteiger partial charge in [0.25, 0.3) is 0 Å². The van der Waals surface area contributed by atoms with Crippen LogP contribution in [-0.2, 0) is 10.9 Å². The number of methoxy groups -OCH3 is 1. The number of halogens is 4. The van der Waals surface area contributed by atoms with Gasteiger partial charge in [-0.3, -0.25) is 4.98 Å². The maximum absolute atomic E-state index is 13.9. The summed E-state index contributed by atoms with van der Waals surface area (Å²) in [6.45, 7) is 4.99. The third-order valence-electron chi connectivity index (χ3n) is 5.72. The first kappa shape index (κ1) is 22.2. The first-order valence-corrected chi connectivity index (χ1v) is 10.2. The number of nitrogens with zero attached hydrogens (tertiary/aromatic N) is 4. The minimum absolute atomic E-state index is 0.149. The molecule has 170 valence electrons. The average molecular weight is 449 g/mol. The lowest BCUT2D eigenvalue weighted by molar-refractivity contribution is -0.137. The third kappa shape index (κ3) is 4.45. The van der Waals surface area contributed by atoms with Crippen molar-refractivity contribution >= 4 is 22.4 Å². The first-order chi connectivity index (χ1) is 15.2. The second-order valence-electron chi connectivity index (χ2n) is 7.95. The summed E-state index contributed by atoms with van der Waals surface area (Å²) in [5, 5.41) is 12.1. The predicted molar refractivity (Wildman–Crippen MR) is 113 cm³/mol. The van der Waals surface area contributed by atoms with E-state index in [1.54, 1.807) is 27.2 Å². The van der Waals surface area contributed by atoms with E-state index in [2.05, 4.69) is 25.4 Å². The van der Waals surface area contributed by atoms with Crippen molar-refractivity contribution in [3.63, 3.8) is 0 Å². The molecule has 2 atom stereocenters. The van der Waals surface area contributed by atoms with Crippen LogP contribution in [0.5, 0.6) is 0 Å². The van der Waals surface area contributed by atoms with Crippen LogP contribution in [0, 0.1) is 12.7 Å². The van der Waals surface area contributed by atoms with Gasteiger partial charge < -0.3 is 15.0 Å². The monoisotopic (exact) mass is 449 g/mol. The van der Waals surface area contributed by atoms with Gasteiger partial charge in [-0.25, -0.2) is 4.39 Å². The van der Waals surface area contributed by atoms with Crippen LogP contribution in [0.25, 0.3) is 10.9 Å². The largest absolute Gasteiger partial charge is 0.416 e. The number of anilines is 2. The van der Waals surface area contributed by atoms with E-state index in [0.717, 1.165) is 37.3 Å². The molecule has 0 spiro atoms. The molecule has 0 bridgehead atoms. The van der Waals surface area contributed by atoms with Crippen molar-refractivity contribution in [2.24, 2.45) is 0 Å². The van der Waals surface area contributed by atoms with Crippen molar-refractivity contribution in [1.82, 2.24) is 15.2 Å². The first-order valence-electron chi connectivity index (χ1n) is 10.2. The Labute approximate surface area is 182 Å². The number of rotatable bonds is 5. The summed E-state index contributed by atoms with van der Waals surface area (Å²) in [7, 11) is 1.69. The summed E-state index contributed by atoms with van der Waals surface area (Å²) in [5.41, 5.74) is 1.28. The number of fused-ring (bicyclic) bond motifs is 1. The van der Waals surface area contributed by atoms with E-state index in [1.807, 2.05) is 6.07 Å². The second-order valence-corrected chi connectivity index (χ2v) is 7.95. The number of alkyl halides is 3. The lowest BCUT2D eigenvalue weighted by Gasteiger charge is -2.20. The minimum Gasteiger partial charge on any atom is -0.380 e. The summed E-state index contributed by atoms with van der Waals surface area (Å²) in [6, 6.07) is 3.78. The zero-order valence-corrected chi connectivity index (χ0v) is 17.9. The maximum Gasteiger partial charge on any atom is 0.416 e. The molecule has 1 aliphatic heterocycles. The Hall–Kier alpha value is -3.01. The van der Waals surface area contributed by atoms with Gasteiger partial charge in [-0.05, 0) is 50.1 Å². The van der Waals surface area contributed by atoms with Gasteiger partial charge in [-0.1, -0.05) is 0 Å². The number of nitrogens with one attached hydrogen (secondary N) is 1. The fourth-order valence-corrected chi connectivity index (χ4v) is 3.90. The molecule has 0 amide bonds. The summed E-state index contributed by atoms with van der Waals surface area (Å²) >= 11 is 0. The molecule has 0 radical (unpaired) electrons. The zero-order valence-electron chi connectivity index (χ0n) is 17.9. The Morgan fingerprint density at radius 2 is 1.97 bits per heavy atom. The Kier molecular flexibility index (Phi) is 5.89. The number of aromatic nitrogens is 3. The van der Waals surface area contributed by atoms with Crippen molar-refractivity contribution in [1.29, 1.82) is 0 Å². The van der Waals surface area contributed by atoms with Crippen LogP contribution >= 0.6 is 0 Å². The number of pyridine rings is 1. The molecule has 1 saturated heterocycles. The summed E-state index contributed by atoms with van der Waals surface area (Å²) < 4.78 is 58.6. The number of ether oxygens (including phenoxy) is 1. The van der Waals surface area contributed by atoms with Crippen LogP contribution in [0.3, 0.4) is 0 Å². The number of aryl methyl sites for hydroxylation is 1. The van der Waals surface area contributed by atoms with Crippen molar-refractivity contribution in [3.05, 3.63) is 53.1 Å². The molecule has 10 heteroatoms. The highest BCUT2D eigenvalue weighted by atomic mass is 19.4. The third-order valence-corrected chi connectivity index (χ3v) is 5.72. The van der Waals surface area contributed by atoms with E-state index in [0.29, 0.717) is 28.5 Å². The van der Waals surface area contributed by atoms with Crippen LogP contribution in [-0.4, -0.2) is 41.5 Å². The lowest BCUT2D eigenvalue weighted by atomic mass is 10.0. The Bertz CT molecular complexity index is 1140. The van der Waals surface area contributed by atoms with Crippen molar-refractivity contribution in [3.8, 4) is 0 Å². The summed E-state index contributed by atoms with van der Waals surface area (Å²) in [4.78, 5) is 6.70. The average Bonchev–Trinajstić information content (AvgIpc) is 3.24. The second kappa shape index (κ2) is 8.50. The van der Waals surface area contributed by atoms with Crippen LogP contribution in [0.1, 0.15) is 36.2 Å². The Morgan fingerprint density at radius 1 is 1.19 bits per heavy atom. The normalized spacial score (nSPS) is 17.7. The SMILES string of the molecule is CO[C@H]1CCN(c2cnc3c(C)nnc(N[C@H](C)c4cc(F)cc(C(F)(F)F)c4)c3c2)C1. The molecule has 0 unspecified atom stereocenters. The van der Waals surface area contributed by atoms with Gasteiger partial charge in [0, 0.05) is 25.6 Å². The van der Waals surface area contributed by atoms with Crippen LogP contribution in [0.15, 0.2) is 30.5 Å². The summed E-state index contributed by atoms with van der Waals surface area (Å²) in [6.07, 6.45) is -1.81. The fraction of sp³-hybridized carbons (Fsp3) is 0.409. The number of hydrogen-bond donors (Lipinski definition) is 1. The van der Waals surface area contributed by atoms with E-state index in [-0.39, 0.29) is 11.7 Å². The molecule has 4 rings (SSSR count). The standard InChI is InChI=1S/C22H23F4N5O/c1-12(14-6-15(22(24,25)26)8-16(23)7-14)28-21-19-9-17(31-5-4-18(11-31)32-3)10-27-20(19)13(2)29-30-21/h6-10,12,18H,4-5,11H2,1-3H3,(H,28,30)/t12-,18+/m1/s1. The maximum atomic E-state index is 13.9. The van der Waals surface area contributed by atoms with Crippen molar-refractivity contribution in [2.75, 3.05) is 30.4 Å². The molecular formula is C22H23F4N5O. The van der Waals surface area contributed by atoms with Gasteiger partial charge in [-0.15, -0.1) is 5.10 Å². The molecule has 1 aromatic carbocycles. The van der Waals surface area contributed by atoms with E-state index in [1.165, 1.54) is 0 Å². The highest BCUT2D eigenvalue weighted by Gasteiger charge is 2.32. The van der Waals surface area contributed by atoms with Gasteiger partial charge in [0.05, 0.1) is 40.8 Å². The van der Waals surface area contributed by atoms with Gasteiger partial charge in [0.2, 0.25) is 0 Å². The Balaban J connectivity index is 1.68. The van der Waals surface area contributed by atoms with E-state index in [9.17, 15) is 17.6 Å². The smallest absolute Gasteiger partial charge is 0.380 e. The summed E-state index contributed by atoms with van der Waals surface area (Å²) in [5.74, 6) is -0.582. The molecule has 3 aromatic rings. The molecule has 1 fully saturated rings. The highest BCUT2D eigenvalue weighted by molar-refractivity contribution is 5.92. The molecular weight excluding hydrogens is 426 g/mol. The molecule has 0 saturated carbocycles. The molecule has 2 aromatic heterocycles. The number of benzene rings is 1. The quantitative estimate of drug-likeness (QED) is 0.560. The topological polar surface area (TPSA) is 63.2 Å². The van der Waals surface area contributed by atoms with Gasteiger partial charge >= 0.3 is 6.18 Å². The van der Waals surface area contributed by atoms with E-state index in [4.69, 9.17) is 4.74 Å². The minimum atomic E-state index is -4.64. The van der Waals surface area contributed by atoms with Crippen molar-refractivity contribution < 1.29 is 22.3 Å².